The van der Waals surface area contributed by atoms with Crippen LogP contribution in [0.4, 0.5) is 11.4 Å². The highest BCUT2D eigenvalue weighted by atomic mass is 16.5. The molecule has 0 amide bonds. The molecule has 1 aliphatic carbocycles. The van der Waals surface area contributed by atoms with Crippen molar-refractivity contribution >= 4 is 11.4 Å². The van der Waals surface area contributed by atoms with Crippen molar-refractivity contribution in [1.82, 2.24) is 0 Å². The molecule has 20 heavy (non-hydrogen) atoms. The Morgan fingerprint density at radius 1 is 1.50 bits per heavy atom. The van der Waals surface area contributed by atoms with Crippen LogP contribution in [-0.2, 0) is 0 Å². The normalized spacial score (nSPS) is 26.2. The Morgan fingerprint density at radius 2 is 2.30 bits per heavy atom. The molecular weight excluding hydrogens is 252 g/mol. The van der Waals surface area contributed by atoms with E-state index < -0.39 is 0 Å². The van der Waals surface area contributed by atoms with Crippen molar-refractivity contribution in [2.24, 2.45) is 5.92 Å². The number of aliphatic hydroxyl groups is 1. The predicted molar refractivity (Wildman–Crippen MR) is 83.1 cm³/mol. The van der Waals surface area contributed by atoms with Crippen molar-refractivity contribution in [1.29, 1.82) is 0 Å². The van der Waals surface area contributed by atoms with Crippen LogP contribution in [0.15, 0.2) is 18.2 Å². The number of nitrogens with two attached hydrogens (primary N) is 1. The Kier molecular flexibility index (Phi) is 4.76. The third kappa shape index (κ3) is 3.18. The van der Waals surface area contributed by atoms with Crippen LogP contribution >= 0.6 is 0 Å². The van der Waals surface area contributed by atoms with Gasteiger partial charge in [0.1, 0.15) is 5.75 Å². The molecule has 112 valence electrons. The molecule has 0 heterocycles. The highest BCUT2D eigenvalue weighted by molar-refractivity contribution is 5.73. The Labute approximate surface area is 121 Å². The number of aliphatic hydroxyl groups excluding tert-OH is 1. The second-order valence-electron chi connectivity index (χ2n) is 5.92. The lowest BCUT2D eigenvalue weighted by molar-refractivity contribution is 0.149. The number of para-hydroxylation sites is 1. The predicted octanol–water partition coefficient (Wildman–Crippen LogP) is 3.02. The molecule has 4 nitrogen and oxygen atoms in total. The van der Waals surface area contributed by atoms with Crippen LogP contribution in [0.2, 0.25) is 0 Å². The minimum atomic E-state index is -0.253. The molecule has 0 aromatic heterocycles. The quantitative estimate of drug-likeness (QED) is 0.724. The zero-order valence-electron chi connectivity index (χ0n) is 12.5. The molecule has 2 rings (SSSR count). The average Bonchev–Trinajstić information content (AvgIpc) is 2.43. The van der Waals surface area contributed by atoms with Gasteiger partial charge in [0.05, 0.1) is 30.1 Å². The summed E-state index contributed by atoms with van der Waals surface area (Å²) in [6.45, 7) is 4.91. The minimum Gasteiger partial charge on any atom is -0.492 e. The van der Waals surface area contributed by atoms with E-state index in [4.69, 9.17) is 10.5 Å². The van der Waals surface area contributed by atoms with Gasteiger partial charge in [-0.25, -0.2) is 0 Å². The van der Waals surface area contributed by atoms with Crippen LogP contribution in [-0.4, -0.2) is 23.9 Å². The van der Waals surface area contributed by atoms with E-state index in [2.05, 4.69) is 12.2 Å². The van der Waals surface area contributed by atoms with Crippen LogP contribution in [0.5, 0.6) is 5.75 Å². The van der Waals surface area contributed by atoms with Gasteiger partial charge in [-0.1, -0.05) is 25.8 Å². The topological polar surface area (TPSA) is 67.5 Å². The fraction of sp³-hybridized carbons (Fsp3) is 0.625. The Morgan fingerprint density at radius 3 is 2.95 bits per heavy atom. The number of nitrogens with one attached hydrogen (secondary N) is 1. The number of anilines is 2. The average molecular weight is 278 g/mol. The maximum atomic E-state index is 9.85. The standard InChI is InChI=1S/C16H26N2O2/c1-3-20-14-8-4-7-13(15(14)17)18-16(11-19)9-5-6-12(2)10-16/h4,7-8,12,18-19H,3,5-6,9-11,17H2,1-2H3. The monoisotopic (exact) mass is 278 g/mol. The lowest BCUT2D eigenvalue weighted by Gasteiger charge is -2.40. The van der Waals surface area contributed by atoms with E-state index in [0.717, 1.165) is 24.9 Å². The first-order valence-corrected chi connectivity index (χ1v) is 7.50. The number of hydrogen-bond acceptors (Lipinski definition) is 4. The number of ether oxygens (including phenoxy) is 1. The summed E-state index contributed by atoms with van der Waals surface area (Å²) >= 11 is 0. The van der Waals surface area contributed by atoms with Gasteiger partial charge in [-0.05, 0) is 37.8 Å². The molecule has 2 unspecified atom stereocenters. The van der Waals surface area contributed by atoms with Crippen molar-refractivity contribution in [3.8, 4) is 5.75 Å². The number of rotatable bonds is 5. The summed E-state index contributed by atoms with van der Waals surface area (Å²) in [5.74, 6) is 1.33. The molecule has 1 aromatic carbocycles. The molecule has 1 aliphatic rings. The van der Waals surface area contributed by atoms with Gasteiger partial charge in [0.15, 0.2) is 0 Å². The summed E-state index contributed by atoms with van der Waals surface area (Å²) in [4.78, 5) is 0. The molecule has 0 aliphatic heterocycles. The molecular formula is C16H26N2O2. The van der Waals surface area contributed by atoms with E-state index in [1.165, 1.54) is 6.42 Å². The maximum Gasteiger partial charge on any atom is 0.144 e. The largest absolute Gasteiger partial charge is 0.492 e. The number of hydrogen-bond donors (Lipinski definition) is 3. The summed E-state index contributed by atoms with van der Waals surface area (Å²) in [6.07, 6.45) is 4.33. The van der Waals surface area contributed by atoms with Crippen molar-refractivity contribution in [2.75, 3.05) is 24.3 Å². The van der Waals surface area contributed by atoms with E-state index >= 15 is 0 Å². The van der Waals surface area contributed by atoms with Gasteiger partial charge < -0.3 is 20.9 Å². The second-order valence-corrected chi connectivity index (χ2v) is 5.92. The van der Waals surface area contributed by atoms with Crippen LogP contribution < -0.4 is 15.8 Å². The van der Waals surface area contributed by atoms with E-state index in [-0.39, 0.29) is 12.1 Å². The summed E-state index contributed by atoms with van der Waals surface area (Å²) in [5, 5.41) is 13.3. The molecule has 1 fully saturated rings. The Hall–Kier alpha value is -1.42. The molecule has 1 aromatic rings. The van der Waals surface area contributed by atoms with E-state index in [1.807, 2.05) is 25.1 Å². The van der Waals surface area contributed by atoms with Gasteiger partial charge in [0.2, 0.25) is 0 Å². The first-order chi connectivity index (χ1) is 9.60. The molecule has 4 heteroatoms. The molecule has 0 radical (unpaired) electrons. The molecule has 0 saturated heterocycles. The Bertz CT molecular complexity index is 450. The summed E-state index contributed by atoms with van der Waals surface area (Å²) < 4.78 is 5.53. The van der Waals surface area contributed by atoms with Crippen LogP contribution in [0.3, 0.4) is 0 Å². The van der Waals surface area contributed by atoms with E-state index in [0.29, 0.717) is 24.0 Å². The fourth-order valence-corrected chi connectivity index (χ4v) is 3.18. The highest BCUT2D eigenvalue weighted by Crippen LogP contribution is 2.38. The number of benzene rings is 1. The lowest BCUT2D eigenvalue weighted by atomic mass is 9.76. The second kappa shape index (κ2) is 6.35. The molecule has 1 saturated carbocycles. The molecule has 4 N–H and O–H groups in total. The van der Waals surface area contributed by atoms with E-state index in [9.17, 15) is 5.11 Å². The third-order valence-electron chi connectivity index (χ3n) is 4.16. The van der Waals surface area contributed by atoms with Gasteiger partial charge in [-0.2, -0.15) is 0 Å². The number of nitrogen functional groups attached to an aromatic ring is 1. The van der Waals surface area contributed by atoms with Crippen molar-refractivity contribution in [2.45, 2.75) is 45.1 Å². The first-order valence-electron chi connectivity index (χ1n) is 7.50. The zero-order chi connectivity index (χ0) is 14.6. The molecule has 0 bridgehead atoms. The van der Waals surface area contributed by atoms with Gasteiger partial charge in [0, 0.05) is 0 Å². The fourth-order valence-electron chi connectivity index (χ4n) is 3.18. The smallest absolute Gasteiger partial charge is 0.144 e. The maximum absolute atomic E-state index is 9.85. The third-order valence-corrected chi connectivity index (χ3v) is 4.16. The Balaban J connectivity index is 2.21. The molecule has 2 atom stereocenters. The van der Waals surface area contributed by atoms with Crippen molar-refractivity contribution in [3.63, 3.8) is 0 Å². The minimum absolute atomic E-state index is 0.135. The van der Waals surface area contributed by atoms with Crippen LogP contribution in [0.1, 0.15) is 39.5 Å². The SMILES string of the molecule is CCOc1cccc(NC2(CO)CCCC(C)C2)c1N. The van der Waals surface area contributed by atoms with Gasteiger partial charge >= 0.3 is 0 Å². The zero-order valence-corrected chi connectivity index (χ0v) is 12.5. The van der Waals surface area contributed by atoms with Crippen molar-refractivity contribution in [3.05, 3.63) is 18.2 Å². The first kappa shape index (κ1) is 15.0. The van der Waals surface area contributed by atoms with Crippen molar-refractivity contribution < 1.29 is 9.84 Å². The van der Waals surface area contributed by atoms with Crippen LogP contribution in [0.25, 0.3) is 0 Å². The van der Waals surface area contributed by atoms with Gasteiger partial charge in [0.25, 0.3) is 0 Å². The summed E-state index contributed by atoms with van der Waals surface area (Å²) in [7, 11) is 0. The van der Waals surface area contributed by atoms with Crippen LogP contribution in [0, 0.1) is 5.92 Å². The van der Waals surface area contributed by atoms with Gasteiger partial charge in [-0.15, -0.1) is 0 Å². The lowest BCUT2D eigenvalue weighted by Crippen LogP contribution is -2.46. The van der Waals surface area contributed by atoms with Gasteiger partial charge in [-0.3, -0.25) is 0 Å². The highest BCUT2D eigenvalue weighted by Gasteiger charge is 2.34. The van der Waals surface area contributed by atoms with E-state index in [1.54, 1.807) is 0 Å². The summed E-state index contributed by atoms with van der Waals surface area (Å²) in [5.41, 5.74) is 7.40. The molecule has 0 spiro atoms. The summed E-state index contributed by atoms with van der Waals surface area (Å²) in [6, 6.07) is 5.76.